The van der Waals surface area contributed by atoms with Crippen LogP contribution in [-0.2, 0) is 0 Å². The van der Waals surface area contributed by atoms with E-state index in [0.29, 0.717) is 5.75 Å². The van der Waals surface area contributed by atoms with Crippen molar-refractivity contribution in [2.45, 2.75) is 24.9 Å². The molecule has 1 aromatic carbocycles. The topological polar surface area (TPSA) is 66.9 Å². The van der Waals surface area contributed by atoms with Crippen molar-refractivity contribution >= 4 is 32.7 Å². The molecule has 2 aromatic rings. The normalized spacial score (nSPS) is 26.5. The van der Waals surface area contributed by atoms with Crippen LogP contribution >= 0.6 is 11.3 Å². The largest absolute Gasteiger partial charge is 0.454 e. The summed E-state index contributed by atoms with van der Waals surface area (Å²) in [5, 5.41) is 3.86. The molecule has 4 heterocycles. The van der Waals surface area contributed by atoms with Crippen LogP contribution in [0, 0.1) is 0 Å². The van der Waals surface area contributed by atoms with Gasteiger partial charge in [-0.05, 0) is 38.6 Å². The lowest BCUT2D eigenvalue weighted by molar-refractivity contribution is 0.174. The molecule has 2 amide bonds. The summed E-state index contributed by atoms with van der Waals surface area (Å²) in [6.07, 6.45) is 2.11. The Morgan fingerprint density at radius 3 is 3.21 bits per heavy atom. The SMILES string of the molecule is CN1CCC[C@@H]2NC(=O)N(c3nc4c5c(ccc4s3)OCO5)[C@@H]2C1. The Balaban J connectivity index is 1.57. The number of likely N-dealkylation sites (tertiary alicyclic amines) is 1. The van der Waals surface area contributed by atoms with Gasteiger partial charge in [0, 0.05) is 6.54 Å². The molecule has 1 N–H and O–H groups in total. The second kappa shape index (κ2) is 5.22. The third-order valence-corrected chi connectivity index (χ3v) is 5.99. The lowest BCUT2D eigenvalue weighted by Gasteiger charge is -2.25. The number of fused-ring (bicyclic) bond motifs is 4. The molecule has 0 aliphatic carbocycles. The summed E-state index contributed by atoms with van der Waals surface area (Å²) < 4.78 is 12.0. The number of rotatable bonds is 1. The highest BCUT2D eigenvalue weighted by Gasteiger charge is 2.43. The first kappa shape index (κ1) is 14.3. The van der Waals surface area contributed by atoms with Crippen LogP contribution in [0.25, 0.3) is 10.2 Å². The van der Waals surface area contributed by atoms with Crippen LogP contribution in [0.5, 0.6) is 11.5 Å². The van der Waals surface area contributed by atoms with Crippen LogP contribution < -0.4 is 19.7 Å². The summed E-state index contributed by atoms with van der Waals surface area (Å²) in [5.74, 6) is 1.40. The molecular weight excluding hydrogens is 328 g/mol. The highest BCUT2D eigenvalue weighted by Crippen LogP contribution is 2.43. The minimum Gasteiger partial charge on any atom is -0.454 e. The lowest BCUT2D eigenvalue weighted by Crippen LogP contribution is -2.43. The lowest BCUT2D eigenvalue weighted by atomic mass is 10.1. The van der Waals surface area contributed by atoms with Crippen molar-refractivity contribution in [1.82, 2.24) is 15.2 Å². The smallest absolute Gasteiger partial charge is 0.324 e. The van der Waals surface area contributed by atoms with Crippen molar-refractivity contribution < 1.29 is 14.3 Å². The number of thiazole rings is 1. The monoisotopic (exact) mass is 346 g/mol. The number of aromatic nitrogens is 1. The predicted octanol–water partition coefficient (Wildman–Crippen LogP) is 2.02. The maximum Gasteiger partial charge on any atom is 0.324 e. The van der Waals surface area contributed by atoms with Crippen LogP contribution in [0.4, 0.5) is 9.93 Å². The number of amides is 2. The molecule has 2 atom stereocenters. The van der Waals surface area contributed by atoms with Gasteiger partial charge in [0.25, 0.3) is 0 Å². The fourth-order valence-corrected chi connectivity index (χ4v) is 4.82. The number of hydrogen-bond donors (Lipinski definition) is 1. The minimum absolute atomic E-state index is 0.0480. The van der Waals surface area contributed by atoms with E-state index in [-0.39, 0.29) is 24.9 Å². The van der Waals surface area contributed by atoms with Crippen molar-refractivity contribution in [3.05, 3.63) is 12.1 Å². The quantitative estimate of drug-likeness (QED) is 0.856. The highest BCUT2D eigenvalue weighted by molar-refractivity contribution is 7.22. The number of carbonyl (C=O) groups excluding carboxylic acids is 1. The Labute approximate surface area is 143 Å². The van der Waals surface area contributed by atoms with E-state index < -0.39 is 0 Å². The molecule has 7 nitrogen and oxygen atoms in total. The third kappa shape index (κ3) is 2.06. The summed E-state index contributed by atoms with van der Waals surface area (Å²) in [6, 6.07) is 4.15. The maximum atomic E-state index is 12.6. The Kier molecular flexibility index (Phi) is 3.11. The predicted molar refractivity (Wildman–Crippen MR) is 91.1 cm³/mol. The fraction of sp³-hybridized carbons (Fsp3) is 0.500. The first-order chi connectivity index (χ1) is 11.7. The first-order valence-electron chi connectivity index (χ1n) is 8.18. The molecule has 0 bridgehead atoms. The molecule has 3 aliphatic rings. The molecule has 2 fully saturated rings. The van der Waals surface area contributed by atoms with E-state index in [2.05, 4.69) is 17.3 Å². The number of nitrogens with one attached hydrogen (secondary N) is 1. The highest BCUT2D eigenvalue weighted by atomic mass is 32.1. The van der Waals surface area contributed by atoms with E-state index in [1.54, 1.807) is 0 Å². The van der Waals surface area contributed by atoms with Gasteiger partial charge in [-0.2, -0.15) is 0 Å². The van der Waals surface area contributed by atoms with Crippen LogP contribution in [0.2, 0.25) is 0 Å². The van der Waals surface area contributed by atoms with Gasteiger partial charge in [-0.25, -0.2) is 9.78 Å². The van der Waals surface area contributed by atoms with Crippen molar-refractivity contribution in [2.75, 3.05) is 31.8 Å². The number of ether oxygens (including phenoxy) is 2. The van der Waals surface area contributed by atoms with Gasteiger partial charge in [0.1, 0.15) is 5.52 Å². The summed E-state index contributed by atoms with van der Waals surface area (Å²) in [7, 11) is 2.11. The molecule has 0 radical (unpaired) electrons. The van der Waals surface area contributed by atoms with Gasteiger partial charge in [0.15, 0.2) is 16.6 Å². The molecule has 0 saturated carbocycles. The summed E-state index contributed by atoms with van der Waals surface area (Å²) in [5.41, 5.74) is 0.781. The van der Waals surface area contributed by atoms with E-state index in [4.69, 9.17) is 14.5 Å². The molecule has 5 rings (SSSR count). The molecule has 1 aromatic heterocycles. The number of carbonyl (C=O) groups is 1. The summed E-state index contributed by atoms with van der Waals surface area (Å²) in [6.45, 7) is 2.15. The van der Waals surface area contributed by atoms with E-state index in [9.17, 15) is 4.79 Å². The van der Waals surface area contributed by atoms with Gasteiger partial charge < -0.3 is 19.7 Å². The van der Waals surface area contributed by atoms with Crippen LogP contribution in [0.15, 0.2) is 12.1 Å². The molecule has 0 spiro atoms. The number of nitrogens with zero attached hydrogens (tertiary/aromatic N) is 3. The van der Waals surface area contributed by atoms with Gasteiger partial charge >= 0.3 is 6.03 Å². The third-order valence-electron chi connectivity index (χ3n) is 4.97. The van der Waals surface area contributed by atoms with Gasteiger partial charge in [-0.1, -0.05) is 11.3 Å². The molecular formula is C16H18N4O3S. The number of hydrogen-bond acceptors (Lipinski definition) is 6. The van der Waals surface area contributed by atoms with E-state index in [1.165, 1.54) is 11.3 Å². The number of likely N-dealkylation sites (N-methyl/N-ethyl adjacent to an activating group) is 1. The second-order valence-electron chi connectivity index (χ2n) is 6.54. The molecule has 2 saturated heterocycles. The Morgan fingerprint density at radius 2 is 2.29 bits per heavy atom. The van der Waals surface area contributed by atoms with Crippen LogP contribution in [-0.4, -0.2) is 54.9 Å². The van der Waals surface area contributed by atoms with Crippen LogP contribution in [0.3, 0.4) is 0 Å². The van der Waals surface area contributed by atoms with Crippen molar-refractivity contribution in [3.8, 4) is 11.5 Å². The Hall–Kier alpha value is -2.06. The number of anilines is 1. The van der Waals surface area contributed by atoms with Crippen LogP contribution in [0.1, 0.15) is 12.8 Å². The fourth-order valence-electron chi connectivity index (χ4n) is 3.80. The molecule has 0 unspecified atom stereocenters. The van der Waals surface area contributed by atoms with E-state index in [1.807, 2.05) is 17.0 Å². The number of benzene rings is 1. The average molecular weight is 346 g/mol. The zero-order chi connectivity index (χ0) is 16.3. The van der Waals surface area contributed by atoms with Gasteiger partial charge in [-0.3, -0.25) is 4.90 Å². The zero-order valence-electron chi connectivity index (χ0n) is 13.3. The number of urea groups is 1. The summed E-state index contributed by atoms with van der Waals surface area (Å²) >= 11 is 1.53. The average Bonchev–Trinajstić information content (AvgIpc) is 3.21. The van der Waals surface area contributed by atoms with Crippen molar-refractivity contribution in [3.63, 3.8) is 0 Å². The second-order valence-corrected chi connectivity index (χ2v) is 7.55. The van der Waals surface area contributed by atoms with E-state index in [0.717, 1.165) is 47.0 Å². The van der Waals surface area contributed by atoms with Crippen molar-refractivity contribution in [2.24, 2.45) is 0 Å². The first-order valence-corrected chi connectivity index (χ1v) is 9.00. The minimum atomic E-state index is -0.0480. The molecule has 24 heavy (non-hydrogen) atoms. The van der Waals surface area contributed by atoms with Gasteiger partial charge in [0.2, 0.25) is 6.79 Å². The Bertz CT molecular complexity index is 823. The standard InChI is InChI=1S/C16H18N4O3S/c1-19-6-2-3-9-10(7-19)20(15(21)17-9)16-18-13-12(24-16)5-4-11-14(13)23-8-22-11/h4-5,9-10H,2-3,6-8H2,1H3,(H,17,21)/t9-,10+/m0/s1. The maximum absolute atomic E-state index is 12.6. The summed E-state index contributed by atoms with van der Waals surface area (Å²) in [4.78, 5) is 21.4. The van der Waals surface area contributed by atoms with Gasteiger partial charge in [-0.15, -0.1) is 0 Å². The van der Waals surface area contributed by atoms with Gasteiger partial charge in [0.05, 0.1) is 16.8 Å². The zero-order valence-corrected chi connectivity index (χ0v) is 14.1. The molecule has 126 valence electrons. The van der Waals surface area contributed by atoms with E-state index >= 15 is 0 Å². The Morgan fingerprint density at radius 1 is 1.38 bits per heavy atom. The molecule has 3 aliphatic heterocycles. The molecule has 8 heteroatoms. The van der Waals surface area contributed by atoms with Crippen molar-refractivity contribution in [1.29, 1.82) is 0 Å².